The molecule has 0 bridgehead atoms. The summed E-state index contributed by atoms with van der Waals surface area (Å²) in [7, 11) is 0. The third kappa shape index (κ3) is 6.10. The smallest absolute Gasteiger partial charge is 0.342 e. The molecule has 27 heavy (non-hydrogen) atoms. The number of piperazine rings is 1. The number of alkyl halides is 3. The fraction of sp³-hybridized carbons (Fsp3) is 0.588. The van der Waals surface area contributed by atoms with E-state index in [0.717, 1.165) is 0 Å². The number of thioether (sulfide) groups is 1. The van der Waals surface area contributed by atoms with Crippen LogP contribution in [0.25, 0.3) is 0 Å². The SMILES string of the molecule is CCN(CC)C(=O)CN1CCN(C(=O)c2cccnc2SC(F)(F)F)CC1. The molecular formula is C17H23F3N4O2S. The van der Waals surface area contributed by atoms with Gasteiger partial charge in [-0.25, -0.2) is 4.98 Å². The van der Waals surface area contributed by atoms with E-state index in [4.69, 9.17) is 0 Å². The second-order valence-corrected chi connectivity index (χ2v) is 7.09. The molecule has 0 aliphatic carbocycles. The van der Waals surface area contributed by atoms with E-state index >= 15 is 0 Å². The van der Waals surface area contributed by atoms with Crippen LogP contribution >= 0.6 is 11.8 Å². The lowest BCUT2D eigenvalue weighted by atomic mass is 10.2. The number of carbonyl (C=O) groups is 2. The Labute approximate surface area is 160 Å². The lowest BCUT2D eigenvalue weighted by molar-refractivity contribution is -0.132. The number of hydrogen-bond donors (Lipinski definition) is 0. The molecule has 1 saturated heterocycles. The summed E-state index contributed by atoms with van der Waals surface area (Å²) >= 11 is -0.382. The standard InChI is InChI=1S/C17H23F3N4O2S/c1-3-23(4-2)14(25)12-22-8-10-24(11-9-22)16(26)13-6-5-7-21-15(13)27-17(18,19)20/h5-7H,3-4,8-12H2,1-2H3. The summed E-state index contributed by atoms with van der Waals surface area (Å²) in [4.78, 5) is 33.7. The summed E-state index contributed by atoms with van der Waals surface area (Å²) in [6.07, 6.45) is 1.24. The third-order valence-corrected chi connectivity index (χ3v) is 5.10. The van der Waals surface area contributed by atoms with Gasteiger partial charge in [-0.15, -0.1) is 0 Å². The zero-order valence-electron chi connectivity index (χ0n) is 15.3. The average Bonchev–Trinajstić information content (AvgIpc) is 2.62. The number of carbonyl (C=O) groups excluding carboxylic acids is 2. The fourth-order valence-corrected chi connectivity index (χ4v) is 3.49. The molecule has 0 spiro atoms. The maximum atomic E-state index is 12.7. The highest BCUT2D eigenvalue weighted by atomic mass is 32.2. The molecule has 1 fully saturated rings. The summed E-state index contributed by atoms with van der Waals surface area (Å²) in [5, 5.41) is -0.339. The van der Waals surface area contributed by atoms with Crippen molar-refractivity contribution in [1.29, 1.82) is 0 Å². The number of likely N-dealkylation sites (N-methyl/N-ethyl adjacent to an activating group) is 1. The maximum Gasteiger partial charge on any atom is 0.447 e. The van der Waals surface area contributed by atoms with Crippen LogP contribution in [0.2, 0.25) is 0 Å². The quantitative estimate of drug-likeness (QED) is 0.681. The molecular weight excluding hydrogens is 381 g/mol. The Balaban J connectivity index is 1.97. The van der Waals surface area contributed by atoms with Crippen LogP contribution in [0.4, 0.5) is 13.2 Å². The van der Waals surface area contributed by atoms with Gasteiger partial charge in [0.05, 0.1) is 12.1 Å². The Bertz CT molecular complexity index is 660. The Morgan fingerprint density at radius 2 is 1.81 bits per heavy atom. The Hall–Kier alpha value is -1.81. The monoisotopic (exact) mass is 404 g/mol. The number of rotatable bonds is 6. The molecule has 1 aliphatic rings. The van der Waals surface area contributed by atoms with Crippen LogP contribution in [-0.4, -0.2) is 82.8 Å². The van der Waals surface area contributed by atoms with E-state index in [1.165, 1.54) is 23.2 Å². The third-order valence-electron chi connectivity index (χ3n) is 4.35. The van der Waals surface area contributed by atoms with E-state index in [-0.39, 0.29) is 34.8 Å². The average molecular weight is 404 g/mol. The van der Waals surface area contributed by atoms with Crippen molar-refractivity contribution in [3.63, 3.8) is 0 Å². The van der Waals surface area contributed by atoms with Gasteiger partial charge in [-0.1, -0.05) is 0 Å². The number of hydrogen-bond acceptors (Lipinski definition) is 5. The van der Waals surface area contributed by atoms with E-state index in [1.54, 1.807) is 4.90 Å². The molecule has 0 unspecified atom stereocenters. The number of aromatic nitrogens is 1. The molecule has 0 N–H and O–H groups in total. The van der Waals surface area contributed by atoms with Gasteiger partial charge in [0.1, 0.15) is 5.03 Å². The maximum absolute atomic E-state index is 12.7. The van der Waals surface area contributed by atoms with Gasteiger partial charge in [0, 0.05) is 57.2 Å². The first-order valence-corrected chi connectivity index (χ1v) is 9.57. The van der Waals surface area contributed by atoms with Crippen molar-refractivity contribution in [2.75, 3.05) is 45.8 Å². The summed E-state index contributed by atoms with van der Waals surface area (Å²) in [6, 6.07) is 2.81. The van der Waals surface area contributed by atoms with Gasteiger partial charge in [-0.3, -0.25) is 14.5 Å². The van der Waals surface area contributed by atoms with Crippen LogP contribution in [0.1, 0.15) is 24.2 Å². The highest BCUT2D eigenvalue weighted by molar-refractivity contribution is 8.00. The number of amides is 2. The van der Waals surface area contributed by atoms with E-state index < -0.39 is 11.4 Å². The van der Waals surface area contributed by atoms with Gasteiger partial charge in [0.15, 0.2) is 0 Å². The predicted octanol–water partition coefficient (Wildman–Crippen LogP) is 2.32. The molecule has 0 atom stereocenters. The van der Waals surface area contributed by atoms with Crippen molar-refractivity contribution < 1.29 is 22.8 Å². The molecule has 1 aromatic heterocycles. The first-order valence-electron chi connectivity index (χ1n) is 8.75. The van der Waals surface area contributed by atoms with E-state index in [1.807, 2.05) is 18.7 Å². The predicted molar refractivity (Wildman–Crippen MR) is 96.4 cm³/mol. The minimum Gasteiger partial charge on any atom is -0.342 e. The minimum atomic E-state index is -4.51. The molecule has 0 radical (unpaired) electrons. The normalized spacial score (nSPS) is 15.7. The van der Waals surface area contributed by atoms with Crippen LogP contribution in [0.15, 0.2) is 23.4 Å². The largest absolute Gasteiger partial charge is 0.447 e. The summed E-state index contributed by atoms with van der Waals surface area (Å²) < 4.78 is 38.0. The molecule has 0 saturated carbocycles. The lowest BCUT2D eigenvalue weighted by Crippen LogP contribution is -2.51. The number of nitrogens with zero attached hydrogens (tertiary/aromatic N) is 4. The molecule has 10 heteroatoms. The molecule has 2 heterocycles. The van der Waals surface area contributed by atoms with Crippen molar-refractivity contribution >= 4 is 23.6 Å². The first-order chi connectivity index (χ1) is 12.7. The number of pyridine rings is 1. The minimum absolute atomic E-state index is 0.0379. The van der Waals surface area contributed by atoms with Crippen molar-refractivity contribution in [3.05, 3.63) is 23.9 Å². The molecule has 150 valence electrons. The van der Waals surface area contributed by atoms with Gasteiger partial charge in [-0.05, 0) is 26.0 Å². The van der Waals surface area contributed by atoms with E-state index in [2.05, 4.69) is 4.98 Å². The van der Waals surface area contributed by atoms with Crippen molar-refractivity contribution in [1.82, 2.24) is 19.7 Å². The van der Waals surface area contributed by atoms with Crippen LogP contribution in [0.5, 0.6) is 0 Å². The van der Waals surface area contributed by atoms with Gasteiger partial charge < -0.3 is 9.80 Å². The van der Waals surface area contributed by atoms with E-state index in [9.17, 15) is 22.8 Å². The van der Waals surface area contributed by atoms with Gasteiger partial charge in [0.2, 0.25) is 5.91 Å². The van der Waals surface area contributed by atoms with Gasteiger partial charge >= 0.3 is 5.51 Å². The second kappa shape index (κ2) is 9.41. The fourth-order valence-electron chi connectivity index (χ4n) is 2.89. The molecule has 1 aliphatic heterocycles. The Morgan fingerprint density at radius 1 is 1.19 bits per heavy atom. The van der Waals surface area contributed by atoms with Gasteiger partial charge in [-0.2, -0.15) is 13.2 Å². The van der Waals surface area contributed by atoms with Crippen molar-refractivity contribution in [2.24, 2.45) is 0 Å². The first kappa shape index (κ1) is 21.5. The highest BCUT2D eigenvalue weighted by Gasteiger charge is 2.33. The zero-order chi connectivity index (χ0) is 20.0. The lowest BCUT2D eigenvalue weighted by Gasteiger charge is -2.35. The van der Waals surface area contributed by atoms with Crippen LogP contribution in [-0.2, 0) is 4.79 Å². The van der Waals surface area contributed by atoms with E-state index in [0.29, 0.717) is 39.3 Å². The molecule has 2 rings (SSSR count). The topological polar surface area (TPSA) is 56.8 Å². The Kier molecular flexibility index (Phi) is 7.49. The summed E-state index contributed by atoms with van der Waals surface area (Å²) in [6.45, 7) is 7.13. The molecule has 6 nitrogen and oxygen atoms in total. The summed E-state index contributed by atoms with van der Waals surface area (Å²) in [5.74, 6) is -0.430. The van der Waals surface area contributed by atoms with Gasteiger partial charge in [0.25, 0.3) is 5.91 Å². The molecule has 2 amide bonds. The van der Waals surface area contributed by atoms with Crippen LogP contribution < -0.4 is 0 Å². The zero-order valence-corrected chi connectivity index (χ0v) is 16.1. The number of halogens is 3. The van der Waals surface area contributed by atoms with Crippen molar-refractivity contribution in [2.45, 2.75) is 24.4 Å². The second-order valence-electron chi connectivity index (χ2n) is 6.04. The van der Waals surface area contributed by atoms with Crippen LogP contribution in [0, 0.1) is 0 Å². The Morgan fingerprint density at radius 3 is 2.37 bits per heavy atom. The summed E-state index contributed by atoms with van der Waals surface area (Å²) in [5.41, 5.74) is -4.56. The molecule has 0 aromatic carbocycles. The molecule has 1 aromatic rings. The van der Waals surface area contributed by atoms with Crippen molar-refractivity contribution in [3.8, 4) is 0 Å². The van der Waals surface area contributed by atoms with Crippen LogP contribution in [0.3, 0.4) is 0 Å². The highest BCUT2D eigenvalue weighted by Crippen LogP contribution is 2.37.